The summed E-state index contributed by atoms with van der Waals surface area (Å²) in [4.78, 5) is 39.7. The van der Waals surface area contributed by atoms with Crippen molar-refractivity contribution >= 4 is 46.0 Å². The average Bonchev–Trinajstić information content (AvgIpc) is 3.41. The Morgan fingerprint density at radius 3 is 2.47 bits per heavy atom. The number of Topliss-reactive ketones (excluding diaryl/α,β-unsaturated/α-hetero) is 1. The summed E-state index contributed by atoms with van der Waals surface area (Å²) >= 11 is 6.31. The number of hydrogen-bond donors (Lipinski definition) is 2. The molecule has 2 N–H and O–H groups in total. The molecule has 1 amide bonds. The summed E-state index contributed by atoms with van der Waals surface area (Å²) < 4.78 is 10.6. The van der Waals surface area contributed by atoms with Crippen molar-refractivity contribution in [3.8, 4) is 11.5 Å². The summed E-state index contributed by atoms with van der Waals surface area (Å²) in [5.41, 5.74) is 2.91. The van der Waals surface area contributed by atoms with Gasteiger partial charge < -0.3 is 19.6 Å². The minimum Gasteiger partial charge on any atom is -0.507 e. The molecule has 1 saturated heterocycles. The number of hydrogen-bond acceptors (Lipinski definition) is 7. The highest BCUT2D eigenvalue weighted by molar-refractivity contribution is 6.51. The molecule has 1 aliphatic heterocycles. The van der Waals surface area contributed by atoms with Gasteiger partial charge >= 0.3 is 5.91 Å². The van der Waals surface area contributed by atoms with Crippen LogP contribution in [0.15, 0.2) is 60.4 Å². The molecular formula is C26H21ClN4O5. The second-order valence-electron chi connectivity index (χ2n) is 8.22. The number of imidazole rings is 1. The van der Waals surface area contributed by atoms with E-state index in [-0.39, 0.29) is 27.9 Å². The molecule has 3 heterocycles. The number of H-pyrrole nitrogens is 1. The van der Waals surface area contributed by atoms with E-state index in [1.807, 2.05) is 25.1 Å². The van der Waals surface area contributed by atoms with Gasteiger partial charge in [-0.15, -0.1) is 0 Å². The van der Waals surface area contributed by atoms with Gasteiger partial charge in [-0.05, 0) is 48.4 Å². The maximum absolute atomic E-state index is 13.4. The highest BCUT2D eigenvalue weighted by Gasteiger charge is 2.48. The van der Waals surface area contributed by atoms with Crippen LogP contribution in [0.2, 0.25) is 5.02 Å². The highest BCUT2D eigenvalue weighted by atomic mass is 35.5. The molecule has 5 rings (SSSR count). The van der Waals surface area contributed by atoms with Gasteiger partial charge in [0.15, 0.2) is 0 Å². The van der Waals surface area contributed by atoms with E-state index in [9.17, 15) is 14.7 Å². The number of ketones is 1. The molecule has 0 bridgehead atoms. The van der Waals surface area contributed by atoms with Crippen LogP contribution in [0.25, 0.3) is 16.8 Å². The molecule has 36 heavy (non-hydrogen) atoms. The van der Waals surface area contributed by atoms with E-state index in [2.05, 4.69) is 15.0 Å². The van der Waals surface area contributed by atoms with Crippen molar-refractivity contribution in [1.29, 1.82) is 0 Å². The lowest BCUT2D eigenvalue weighted by Gasteiger charge is -2.23. The van der Waals surface area contributed by atoms with Gasteiger partial charge in [-0.25, -0.2) is 4.98 Å². The van der Waals surface area contributed by atoms with Crippen molar-refractivity contribution < 1.29 is 24.2 Å². The molecule has 1 unspecified atom stereocenters. The van der Waals surface area contributed by atoms with Crippen molar-refractivity contribution in [1.82, 2.24) is 15.0 Å². The first kappa shape index (κ1) is 23.4. The zero-order chi connectivity index (χ0) is 25.6. The zero-order valence-electron chi connectivity index (χ0n) is 19.6. The van der Waals surface area contributed by atoms with Gasteiger partial charge in [0.25, 0.3) is 5.78 Å². The predicted molar refractivity (Wildman–Crippen MR) is 134 cm³/mol. The summed E-state index contributed by atoms with van der Waals surface area (Å²) in [5, 5.41) is 11.6. The minimum absolute atomic E-state index is 0.137. The fraction of sp³-hybridized carbons (Fsp3) is 0.154. The van der Waals surface area contributed by atoms with Gasteiger partial charge in [-0.3, -0.25) is 19.5 Å². The van der Waals surface area contributed by atoms with Crippen LogP contribution in [0.1, 0.15) is 22.7 Å². The number of nitrogens with one attached hydrogen (secondary N) is 1. The first-order valence-corrected chi connectivity index (χ1v) is 11.3. The number of halogens is 1. The third-order valence-corrected chi connectivity index (χ3v) is 6.34. The summed E-state index contributed by atoms with van der Waals surface area (Å²) in [7, 11) is 2.86. The van der Waals surface area contributed by atoms with E-state index in [1.54, 1.807) is 24.5 Å². The third kappa shape index (κ3) is 3.74. The van der Waals surface area contributed by atoms with Crippen LogP contribution in [0.4, 0.5) is 5.95 Å². The third-order valence-electron chi connectivity index (χ3n) is 6.05. The quantitative estimate of drug-likeness (QED) is 0.232. The molecule has 1 fully saturated rings. The van der Waals surface area contributed by atoms with E-state index in [1.165, 1.54) is 31.3 Å². The molecule has 9 nitrogen and oxygen atoms in total. The van der Waals surface area contributed by atoms with Crippen LogP contribution in [0.3, 0.4) is 0 Å². The molecular weight excluding hydrogens is 484 g/mol. The standard InChI is InChI=1S/C26H21ClN4O5/c1-13-4-5-17-18(10-13)30-26(29-17)31-22(14-6-8-28-9-7-14)21(24(33)25(31)34)23(32)15-11-16(27)20(36-3)12-19(15)35-2/h4-12,22,32H,1-3H3,(H,29,30)/b23-21+. The molecule has 0 aliphatic carbocycles. The van der Waals surface area contributed by atoms with Gasteiger partial charge in [0, 0.05) is 18.5 Å². The number of carbonyl (C=O) groups excluding carboxylic acids is 2. The molecule has 1 atom stereocenters. The Morgan fingerprint density at radius 1 is 1.06 bits per heavy atom. The maximum atomic E-state index is 13.4. The van der Waals surface area contributed by atoms with Crippen molar-refractivity contribution in [2.45, 2.75) is 13.0 Å². The molecule has 0 saturated carbocycles. The Bertz CT molecular complexity index is 1550. The Kier molecular flexibility index (Phi) is 5.85. The maximum Gasteiger partial charge on any atom is 0.302 e. The van der Waals surface area contributed by atoms with Gasteiger partial charge in [0.1, 0.15) is 17.3 Å². The van der Waals surface area contributed by atoms with Crippen LogP contribution in [-0.4, -0.2) is 46.0 Å². The lowest BCUT2D eigenvalue weighted by atomic mass is 9.95. The van der Waals surface area contributed by atoms with Crippen molar-refractivity contribution in [2.75, 3.05) is 19.1 Å². The monoisotopic (exact) mass is 504 g/mol. The largest absolute Gasteiger partial charge is 0.507 e. The lowest BCUT2D eigenvalue weighted by Crippen LogP contribution is -2.30. The Morgan fingerprint density at radius 2 is 1.78 bits per heavy atom. The molecule has 0 radical (unpaired) electrons. The topological polar surface area (TPSA) is 118 Å². The van der Waals surface area contributed by atoms with Gasteiger partial charge in [0.05, 0.1) is 47.5 Å². The first-order chi connectivity index (χ1) is 17.3. The van der Waals surface area contributed by atoms with Crippen LogP contribution in [-0.2, 0) is 9.59 Å². The van der Waals surface area contributed by atoms with Crippen LogP contribution in [0.5, 0.6) is 11.5 Å². The zero-order valence-corrected chi connectivity index (χ0v) is 20.3. The molecule has 2 aromatic carbocycles. The van der Waals surface area contributed by atoms with E-state index >= 15 is 0 Å². The van der Waals surface area contributed by atoms with Crippen molar-refractivity contribution in [3.05, 3.63) is 82.1 Å². The molecule has 4 aromatic rings. The summed E-state index contributed by atoms with van der Waals surface area (Å²) in [5.74, 6) is -1.43. The SMILES string of the molecule is COc1cc(OC)c(/C(O)=C2\C(=O)C(=O)N(c3nc4ccc(C)cc4[nH]3)C2c2ccncc2)cc1Cl. The van der Waals surface area contributed by atoms with Gasteiger partial charge in [-0.2, -0.15) is 0 Å². The minimum atomic E-state index is -0.986. The highest BCUT2D eigenvalue weighted by Crippen LogP contribution is 2.44. The van der Waals surface area contributed by atoms with Crippen LogP contribution >= 0.6 is 11.6 Å². The average molecular weight is 505 g/mol. The lowest BCUT2D eigenvalue weighted by molar-refractivity contribution is -0.132. The smallest absolute Gasteiger partial charge is 0.302 e. The number of aromatic amines is 1. The number of benzene rings is 2. The number of anilines is 1. The van der Waals surface area contributed by atoms with E-state index in [4.69, 9.17) is 21.1 Å². The van der Waals surface area contributed by atoms with Gasteiger partial charge in [-0.1, -0.05) is 17.7 Å². The molecule has 0 spiro atoms. The van der Waals surface area contributed by atoms with Crippen LogP contribution < -0.4 is 14.4 Å². The number of carbonyl (C=O) groups is 2. The van der Waals surface area contributed by atoms with E-state index < -0.39 is 23.5 Å². The number of methoxy groups -OCH3 is 2. The summed E-state index contributed by atoms with van der Waals surface area (Å²) in [6.45, 7) is 1.94. The van der Waals surface area contributed by atoms with E-state index in [0.717, 1.165) is 5.56 Å². The Hall–Kier alpha value is -4.37. The normalized spacial score (nSPS) is 17.1. The number of ether oxygens (including phenoxy) is 2. The van der Waals surface area contributed by atoms with Crippen LogP contribution in [0, 0.1) is 6.92 Å². The summed E-state index contributed by atoms with van der Waals surface area (Å²) in [6, 6.07) is 10.9. The number of aliphatic hydroxyl groups excluding tert-OH is 1. The predicted octanol–water partition coefficient (Wildman–Crippen LogP) is 4.56. The number of aliphatic hydroxyl groups is 1. The molecule has 2 aromatic heterocycles. The molecule has 1 aliphatic rings. The van der Waals surface area contributed by atoms with Crippen molar-refractivity contribution in [2.24, 2.45) is 0 Å². The van der Waals surface area contributed by atoms with Crippen molar-refractivity contribution in [3.63, 3.8) is 0 Å². The number of aromatic nitrogens is 3. The summed E-state index contributed by atoms with van der Waals surface area (Å²) in [6.07, 6.45) is 3.09. The molecule has 10 heteroatoms. The Labute approximate surface area is 211 Å². The number of rotatable bonds is 5. The number of fused-ring (bicyclic) bond motifs is 1. The first-order valence-electron chi connectivity index (χ1n) is 10.9. The van der Waals surface area contributed by atoms with Gasteiger partial charge in [0.2, 0.25) is 5.95 Å². The van der Waals surface area contributed by atoms with E-state index in [0.29, 0.717) is 22.3 Å². The number of nitrogens with zero attached hydrogens (tertiary/aromatic N) is 3. The Balaban J connectivity index is 1.75. The fourth-order valence-corrected chi connectivity index (χ4v) is 4.57. The molecule has 182 valence electrons. The number of amides is 1. The second kappa shape index (κ2) is 9.01. The number of pyridine rings is 1. The fourth-order valence-electron chi connectivity index (χ4n) is 4.33. The second-order valence-corrected chi connectivity index (χ2v) is 8.62. The number of aryl methyl sites for hydroxylation is 1.